The number of ether oxygens (including phenoxy) is 2. The Bertz CT molecular complexity index is 1520. The van der Waals surface area contributed by atoms with Gasteiger partial charge in [-0.15, -0.1) is 0 Å². The second-order valence-electron chi connectivity index (χ2n) is 7.16. The van der Waals surface area contributed by atoms with Crippen LogP contribution in [0.15, 0.2) is 63.0 Å². The number of halogens is 2. The highest BCUT2D eigenvalue weighted by atomic mass is 79.9. The third-order valence-electron chi connectivity index (χ3n) is 4.76. The molecule has 0 aliphatic heterocycles. The van der Waals surface area contributed by atoms with Gasteiger partial charge in [0.05, 0.1) is 33.7 Å². The molecule has 0 atom stereocenters. The van der Waals surface area contributed by atoms with Crippen molar-refractivity contribution in [2.45, 2.75) is 13.8 Å². The largest absolute Gasteiger partial charge is 0.490 e. The van der Waals surface area contributed by atoms with Crippen molar-refractivity contribution >= 4 is 50.3 Å². The fourth-order valence-corrected chi connectivity index (χ4v) is 3.81. The SMILES string of the molecule is CCOc1cc(C=Nn2c(C)nc3ccc(Br)cc3c2=O)cc(Cl)c1Oc1ccc([N+](=O)[O-])cn1. The van der Waals surface area contributed by atoms with E-state index < -0.39 is 4.92 Å². The molecule has 0 fully saturated rings. The molecule has 0 bridgehead atoms. The van der Waals surface area contributed by atoms with Gasteiger partial charge in [0, 0.05) is 16.6 Å². The molecule has 12 heteroatoms. The van der Waals surface area contributed by atoms with E-state index in [9.17, 15) is 14.9 Å². The fourth-order valence-electron chi connectivity index (χ4n) is 3.19. The van der Waals surface area contributed by atoms with Crippen LogP contribution in [-0.2, 0) is 0 Å². The summed E-state index contributed by atoms with van der Waals surface area (Å²) in [5, 5.41) is 15.8. The van der Waals surface area contributed by atoms with Crippen molar-refractivity contribution < 1.29 is 14.4 Å². The standard InChI is InChI=1S/C23H17BrClN5O5/c1-3-34-20-9-14(8-18(25)22(20)35-21-7-5-16(12-26-21)30(32)33)11-27-29-13(2)28-19-6-4-15(24)10-17(19)23(29)31/h4-12H,3H2,1-2H3. The van der Waals surface area contributed by atoms with Crippen LogP contribution < -0.4 is 15.0 Å². The first-order chi connectivity index (χ1) is 16.8. The smallest absolute Gasteiger partial charge is 0.287 e. The van der Waals surface area contributed by atoms with Gasteiger partial charge in [0.25, 0.3) is 11.2 Å². The van der Waals surface area contributed by atoms with Crippen molar-refractivity contribution in [2.24, 2.45) is 5.10 Å². The number of pyridine rings is 1. The minimum Gasteiger partial charge on any atom is -0.490 e. The highest BCUT2D eigenvalue weighted by molar-refractivity contribution is 9.10. The minimum atomic E-state index is -0.555. The van der Waals surface area contributed by atoms with Crippen LogP contribution in [-0.4, -0.2) is 32.4 Å². The molecule has 0 unspecified atom stereocenters. The van der Waals surface area contributed by atoms with Gasteiger partial charge in [-0.2, -0.15) is 9.78 Å². The fraction of sp³-hybridized carbons (Fsp3) is 0.130. The predicted molar refractivity (Wildman–Crippen MR) is 135 cm³/mol. The van der Waals surface area contributed by atoms with E-state index in [0.29, 0.717) is 34.6 Å². The van der Waals surface area contributed by atoms with Gasteiger partial charge in [0.2, 0.25) is 5.88 Å². The number of aryl methyl sites for hydroxylation is 1. The monoisotopic (exact) mass is 557 g/mol. The van der Waals surface area contributed by atoms with Crippen LogP contribution in [0.4, 0.5) is 5.69 Å². The lowest BCUT2D eigenvalue weighted by molar-refractivity contribution is -0.385. The Kier molecular flexibility index (Phi) is 7.08. The third kappa shape index (κ3) is 5.31. The van der Waals surface area contributed by atoms with Gasteiger partial charge in [-0.25, -0.2) is 9.97 Å². The zero-order valence-corrected chi connectivity index (χ0v) is 20.8. The Hall–Kier alpha value is -3.83. The molecule has 0 saturated heterocycles. The van der Waals surface area contributed by atoms with Gasteiger partial charge in [-0.05, 0) is 49.7 Å². The summed E-state index contributed by atoms with van der Waals surface area (Å²) in [6.07, 6.45) is 2.54. The third-order valence-corrected chi connectivity index (χ3v) is 5.54. The first-order valence-corrected chi connectivity index (χ1v) is 11.4. The average Bonchev–Trinajstić information content (AvgIpc) is 2.82. The van der Waals surface area contributed by atoms with Crippen molar-refractivity contribution in [2.75, 3.05) is 6.61 Å². The number of benzene rings is 2. The summed E-state index contributed by atoms with van der Waals surface area (Å²) >= 11 is 9.82. The zero-order valence-electron chi connectivity index (χ0n) is 18.4. The van der Waals surface area contributed by atoms with Crippen molar-refractivity contribution in [3.05, 3.63) is 90.0 Å². The number of nitrogens with zero attached hydrogens (tertiary/aromatic N) is 5. The molecular weight excluding hydrogens is 542 g/mol. The molecule has 10 nitrogen and oxygen atoms in total. The van der Waals surface area contributed by atoms with Crippen LogP contribution in [0.3, 0.4) is 0 Å². The molecule has 0 saturated carbocycles. The summed E-state index contributed by atoms with van der Waals surface area (Å²) in [7, 11) is 0. The van der Waals surface area contributed by atoms with Crippen molar-refractivity contribution in [3.63, 3.8) is 0 Å². The second kappa shape index (κ2) is 10.2. The Morgan fingerprint density at radius 1 is 1.26 bits per heavy atom. The average molecular weight is 559 g/mol. The number of nitro groups is 1. The molecule has 2 aromatic heterocycles. The number of hydrogen-bond donors (Lipinski definition) is 0. The highest BCUT2D eigenvalue weighted by Crippen LogP contribution is 2.39. The van der Waals surface area contributed by atoms with Crippen molar-refractivity contribution in [1.29, 1.82) is 0 Å². The predicted octanol–water partition coefficient (Wildman–Crippen LogP) is 5.50. The molecule has 0 N–H and O–H groups in total. The Balaban J connectivity index is 1.69. The Labute approximate surface area is 212 Å². The van der Waals surface area contributed by atoms with E-state index in [1.807, 2.05) is 6.07 Å². The van der Waals surface area contributed by atoms with E-state index in [2.05, 4.69) is 31.0 Å². The summed E-state index contributed by atoms with van der Waals surface area (Å²) < 4.78 is 13.4. The van der Waals surface area contributed by atoms with Crippen LogP contribution in [0, 0.1) is 17.0 Å². The van der Waals surface area contributed by atoms with Gasteiger partial charge in [-0.1, -0.05) is 27.5 Å². The van der Waals surface area contributed by atoms with Gasteiger partial charge in [0.1, 0.15) is 12.0 Å². The molecule has 0 amide bonds. The molecule has 2 aromatic carbocycles. The maximum atomic E-state index is 13.0. The van der Waals surface area contributed by atoms with E-state index in [-0.39, 0.29) is 27.9 Å². The maximum Gasteiger partial charge on any atom is 0.287 e. The van der Waals surface area contributed by atoms with Crippen LogP contribution in [0.2, 0.25) is 5.02 Å². The maximum absolute atomic E-state index is 13.0. The Morgan fingerprint density at radius 3 is 2.74 bits per heavy atom. The van der Waals surface area contributed by atoms with Crippen LogP contribution in [0.25, 0.3) is 10.9 Å². The van der Waals surface area contributed by atoms with E-state index in [1.165, 1.54) is 23.0 Å². The van der Waals surface area contributed by atoms with Gasteiger partial charge in [-0.3, -0.25) is 14.9 Å². The minimum absolute atomic E-state index is 0.107. The summed E-state index contributed by atoms with van der Waals surface area (Å²) in [5.41, 5.74) is 0.639. The molecule has 0 aliphatic carbocycles. The summed E-state index contributed by atoms with van der Waals surface area (Å²) in [6, 6.07) is 11.1. The van der Waals surface area contributed by atoms with E-state index in [4.69, 9.17) is 21.1 Å². The number of aromatic nitrogens is 3. The lowest BCUT2D eigenvalue weighted by Crippen LogP contribution is -2.20. The molecule has 4 aromatic rings. The topological polar surface area (TPSA) is 122 Å². The van der Waals surface area contributed by atoms with Crippen molar-refractivity contribution in [1.82, 2.24) is 14.6 Å². The summed E-state index contributed by atoms with van der Waals surface area (Å²) in [6.45, 7) is 3.81. The lowest BCUT2D eigenvalue weighted by atomic mass is 10.2. The normalized spacial score (nSPS) is 11.2. The molecular formula is C23H17BrClN5O5. The van der Waals surface area contributed by atoms with Crippen LogP contribution in [0.1, 0.15) is 18.3 Å². The second-order valence-corrected chi connectivity index (χ2v) is 8.48. The molecule has 0 aliphatic rings. The van der Waals surface area contributed by atoms with Crippen molar-refractivity contribution in [3.8, 4) is 17.4 Å². The van der Waals surface area contributed by atoms with E-state index >= 15 is 0 Å². The zero-order chi connectivity index (χ0) is 25.1. The first kappa shape index (κ1) is 24.3. The molecule has 178 valence electrons. The quantitative estimate of drug-likeness (QED) is 0.167. The van der Waals surface area contributed by atoms with Crippen LogP contribution in [0.5, 0.6) is 17.4 Å². The molecule has 4 rings (SSSR count). The molecule has 35 heavy (non-hydrogen) atoms. The summed E-state index contributed by atoms with van der Waals surface area (Å²) in [4.78, 5) is 31.6. The molecule has 2 heterocycles. The molecule has 0 spiro atoms. The molecule has 0 radical (unpaired) electrons. The summed E-state index contributed by atoms with van der Waals surface area (Å²) in [5.74, 6) is 1.03. The number of hydrogen-bond acceptors (Lipinski definition) is 8. The van der Waals surface area contributed by atoms with Gasteiger partial charge in [0.15, 0.2) is 11.5 Å². The number of rotatable bonds is 7. The van der Waals surface area contributed by atoms with Gasteiger partial charge >= 0.3 is 0 Å². The number of fused-ring (bicyclic) bond motifs is 1. The van der Waals surface area contributed by atoms with Gasteiger partial charge < -0.3 is 9.47 Å². The Morgan fingerprint density at radius 2 is 2.06 bits per heavy atom. The lowest BCUT2D eigenvalue weighted by Gasteiger charge is -2.13. The van der Waals surface area contributed by atoms with E-state index in [0.717, 1.165) is 10.7 Å². The highest BCUT2D eigenvalue weighted by Gasteiger charge is 2.15. The van der Waals surface area contributed by atoms with Crippen LogP contribution >= 0.6 is 27.5 Å². The first-order valence-electron chi connectivity index (χ1n) is 10.2. The van der Waals surface area contributed by atoms with E-state index in [1.54, 1.807) is 38.1 Å².